The predicted molar refractivity (Wildman–Crippen MR) is 74.0 cm³/mol. The van der Waals surface area contributed by atoms with Gasteiger partial charge in [0, 0.05) is 5.38 Å². The van der Waals surface area contributed by atoms with Crippen LogP contribution < -0.4 is 10.6 Å². The maximum atomic E-state index is 11.7. The van der Waals surface area contributed by atoms with Crippen molar-refractivity contribution in [1.29, 1.82) is 0 Å². The molecular weight excluding hydrogens is 262 g/mol. The van der Waals surface area contributed by atoms with E-state index < -0.39 is 0 Å². The molecule has 0 unspecified atom stereocenters. The average molecular weight is 277 g/mol. The van der Waals surface area contributed by atoms with Gasteiger partial charge in [0.05, 0.1) is 12.8 Å². The van der Waals surface area contributed by atoms with E-state index in [2.05, 4.69) is 15.6 Å². The van der Waals surface area contributed by atoms with Gasteiger partial charge in [-0.3, -0.25) is 4.79 Å². The van der Waals surface area contributed by atoms with Crippen LogP contribution >= 0.6 is 11.3 Å². The minimum Gasteiger partial charge on any atom is -0.463 e. The minimum absolute atomic E-state index is 0.0546. The van der Waals surface area contributed by atoms with Gasteiger partial charge in [-0.1, -0.05) is 0 Å². The van der Waals surface area contributed by atoms with E-state index in [0.29, 0.717) is 17.4 Å². The molecule has 1 aliphatic carbocycles. The topological polar surface area (TPSA) is 67.2 Å². The van der Waals surface area contributed by atoms with Crippen molar-refractivity contribution in [2.75, 3.05) is 18.4 Å². The molecule has 100 valence electrons. The van der Waals surface area contributed by atoms with Crippen LogP contribution in [0.1, 0.15) is 12.8 Å². The van der Waals surface area contributed by atoms with Gasteiger partial charge in [-0.15, -0.1) is 11.3 Å². The highest BCUT2D eigenvalue weighted by Gasteiger charge is 2.20. The Morgan fingerprint density at radius 2 is 2.42 bits per heavy atom. The molecule has 19 heavy (non-hydrogen) atoms. The summed E-state index contributed by atoms with van der Waals surface area (Å²) in [5.74, 6) is 1.43. The second-order valence-corrected chi connectivity index (χ2v) is 5.50. The maximum absolute atomic E-state index is 11.7. The number of hydrogen-bond donors (Lipinski definition) is 2. The fraction of sp³-hybridized carbons (Fsp3) is 0.385. The summed E-state index contributed by atoms with van der Waals surface area (Å²) in [6.45, 7) is 1.27. The first-order valence-electron chi connectivity index (χ1n) is 6.31. The zero-order chi connectivity index (χ0) is 13.1. The summed E-state index contributed by atoms with van der Waals surface area (Å²) in [5, 5.41) is 8.40. The lowest BCUT2D eigenvalue weighted by Crippen LogP contribution is -2.29. The molecule has 1 fully saturated rings. The Morgan fingerprint density at radius 1 is 1.53 bits per heavy atom. The first-order chi connectivity index (χ1) is 9.31. The van der Waals surface area contributed by atoms with Gasteiger partial charge >= 0.3 is 0 Å². The Kier molecular flexibility index (Phi) is 3.61. The van der Waals surface area contributed by atoms with Crippen LogP contribution in [-0.2, 0) is 4.79 Å². The Hall–Kier alpha value is -1.66. The molecule has 0 aromatic carbocycles. The van der Waals surface area contributed by atoms with Crippen molar-refractivity contribution < 1.29 is 9.21 Å². The lowest BCUT2D eigenvalue weighted by Gasteiger charge is -2.03. The fourth-order valence-electron chi connectivity index (χ4n) is 1.74. The van der Waals surface area contributed by atoms with Crippen molar-refractivity contribution >= 4 is 22.4 Å². The number of nitrogens with one attached hydrogen (secondary N) is 2. The van der Waals surface area contributed by atoms with Crippen LogP contribution in [-0.4, -0.2) is 24.0 Å². The van der Waals surface area contributed by atoms with E-state index in [1.54, 1.807) is 6.26 Å². The number of carbonyl (C=O) groups excluding carboxylic acids is 1. The quantitative estimate of drug-likeness (QED) is 0.850. The molecule has 2 heterocycles. The molecular formula is C13H15N3O2S. The second-order valence-electron chi connectivity index (χ2n) is 4.64. The smallest absolute Gasteiger partial charge is 0.240 e. The highest BCUT2D eigenvalue weighted by molar-refractivity contribution is 7.14. The summed E-state index contributed by atoms with van der Waals surface area (Å²) in [5.41, 5.74) is 0.747. The number of anilines is 1. The van der Waals surface area contributed by atoms with E-state index in [-0.39, 0.29) is 5.91 Å². The molecule has 1 aliphatic rings. The van der Waals surface area contributed by atoms with Crippen LogP contribution in [0.15, 0.2) is 28.2 Å². The summed E-state index contributed by atoms with van der Waals surface area (Å²) in [6, 6.07) is 3.66. The molecule has 3 rings (SSSR count). The van der Waals surface area contributed by atoms with Crippen molar-refractivity contribution in [3.8, 4) is 11.5 Å². The maximum Gasteiger partial charge on any atom is 0.240 e. The third kappa shape index (κ3) is 3.42. The van der Waals surface area contributed by atoms with Gasteiger partial charge in [-0.05, 0) is 37.4 Å². The van der Waals surface area contributed by atoms with E-state index in [0.717, 1.165) is 18.2 Å². The van der Waals surface area contributed by atoms with Crippen molar-refractivity contribution in [1.82, 2.24) is 10.3 Å². The zero-order valence-corrected chi connectivity index (χ0v) is 11.2. The van der Waals surface area contributed by atoms with Gasteiger partial charge in [0.2, 0.25) is 5.91 Å². The molecule has 2 aromatic rings. The van der Waals surface area contributed by atoms with E-state index in [1.807, 2.05) is 17.5 Å². The van der Waals surface area contributed by atoms with Gasteiger partial charge in [0.1, 0.15) is 5.69 Å². The number of hydrogen-bond acceptors (Lipinski definition) is 5. The third-order valence-electron chi connectivity index (χ3n) is 2.94. The molecule has 6 heteroatoms. The minimum atomic E-state index is -0.0546. The summed E-state index contributed by atoms with van der Waals surface area (Å²) >= 11 is 1.40. The van der Waals surface area contributed by atoms with Gasteiger partial charge in [0.15, 0.2) is 10.9 Å². The molecule has 2 N–H and O–H groups in total. The lowest BCUT2D eigenvalue weighted by atomic mass is 10.4. The highest BCUT2D eigenvalue weighted by atomic mass is 32.1. The Labute approximate surface area is 115 Å². The van der Waals surface area contributed by atoms with Gasteiger partial charge < -0.3 is 15.1 Å². The van der Waals surface area contributed by atoms with Crippen LogP contribution in [0.5, 0.6) is 0 Å². The van der Waals surface area contributed by atoms with Gasteiger partial charge in [0.25, 0.3) is 0 Å². The van der Waals surface area contributed by atoms with Crippen molar-refractivity contribution in [3.05, 3.63) is 23.8 Å². The summed E-state index contributed by atoms with van der Waals surface area (Å²) in [4.78, 5) is 16.0. The van der Waals surface area contributed by atoms with Crippen LogP contribution in [0.25, 0.3) is 11.5 Å². The zero-order valence-electron chi connectivity index (χ0n) is 10.4. The number of thiazole rings is 1. The van der Waals surface area contributed by atoms with Crippen molar-refractivity contribution in [3.63, 3.8) is 0 Å². The Morgan fingerprint density at radius 3 is 3.16 bits per heavy atom. The molecule has 0 bridgehead atoms. The molecule has 0 aliphatic heterocycles. The molecule has 5 nitrogen and oxygen atoms in total. The largest absolute Gasteiger partial charge is 0.463 e. The third-order valence-corrected chi connectivity index (χ3v) is 3.70. The number of aromatic nitrogens is 1. The van der Waals surface area contributed by atoms with Crippen LogP contribution in [0.3, 0.4) is 0 Å². The van der Waals surface area contributed by atoms with E-state index >= 15 is 0 Å². The number of rotatable bonds is 6. The average Bonchev–Trinajstić information content (AvgIpc) is 2.91. The summed E-state index contributed by atoms with van der Waals surface area (Å²) in [6.07, 6.45) is 4.18. The fourth-order valence-corrected chi connectivity index (χ4v) is 2.46. The summed E-state index contributed by atoms with van der Waals surface area (Å²) in [7, 11) is 0. The molecule has 0 atom stereocenters. The molecule has 2 aromatic heterocycles. The van der Waals surface area contributed by atoms with E-state index in [1.165, 1.54) is 24.2 Å². The monoisotopic (exact) mass is 277 g/mol. The number of amides is 1. The van der Waals surface area contributed by atoms with Crippen molar-refractivity contribution in [2.24, 2.45) is 5.92 Å². The SMILES string of the molecule is O=C(CNCC1CC1)Nc1nc(-c2ccco2)cs1. The summed E-state index contributed by atoms with van der Waals surface area (Å²) < 4.78 is 5.26. The highest BCUT2D eigenvalue weighted by Crippen LogP contribution is 2.27. The Balaban J connectivity index is 1.50. The molecule has 1 amide bonds. The van der Waals surface area contributed by atoms with Gasteiger partial charge in [-0.25, -0.2) is 4.98 Å². The van der Waals surface area contributed by atoms with Crippen LogP contribution in [0.4, 0.5) is 5.13 Å². The predicted octanol–water partition coefficient (Wildman–Crippen LogP) is 2.34. The second kappa shape index (κ2) is 5.54. The molecule has 0 spiro atoms. The lowest BCUT2D eigenvalue weighted by molar-refractivity contribution is -0.115. The number of carbonyl (C=O) groups is 1. The van der Waals surface area contributed by atoms with E-state index in [9.17, 15) is 4.79 Å². The van der Waals surface area contributed by atoms with Crippen LogP contribution in [0, 0.1) is 5.92 Å². The molecule has 1 saturated carbocycles. The number of nitrogens with zero attached hydrogens (tertiary/aromatic N) is 1. The normalized spacial score (nSPS) is 14.5. The van der Waals surface area contributed by atoms with E-state index in [4.69, 9.17) is 4.42 Å². The Bertz CT molecular complexity index is 546. The standard InChI is InChI=1S/C13H15N3O2S/c17-12(7-14-6-9-3-4-9)16-13-15-10(8-19-13)11-2-1-5-18-11/h1-2,5,8-9,14H,3-4,6-7H2,(H,15,16,17). The first-order valence-corrected chi connectivity index (χ1v) is 7.19. The molecule has 0 radical (unpaired) electrons. The van der Waals surface area contributed by atoms with Crippen LogP contribution in [0.2, 0.25) is 0 Å². The van der Waals surface area contributed by atoms with Gasteiger partial charge in [-0.2, -0.15) is 0 Å². The van der Waals surface area contributed by atoms with Crippen molar-refractivity contribution in [2.45, 2.75) is 12.8 Å². The molecule has 0 saturated heterocycles. The first kappa shape index (κ1) is 12.4. The number of furan rings is 1.